The van der Waals surface area contributed by atoms with E-state index in [1.54, 1.807) is 6.08 Å². The normalized spacial score (nSPS) is 10.8. The lowest BCUT2D eigenvalue weighted by atomic mass is 10.2. The summed E-state index contributed by atoms with van der Waals surface area (Å²) in [4.78, 5) is 14.4. The van der Waals surface area contributed by atoms with Crippen molar-refractivity contribution in [2.75, 3.05) is 5.33 Å². The second kappa shape index (κ2) is 5.60. The quantitative estimate of drug-likeness (QED) is 0.859. The number of aromatic carboxylic acids is 1. The van der Waals surface area contributed by atoms with Gasteiger partial charge >= 0.3 is 5.97 Å². The van der Waals surface area contributed by atoms with Crippen LogP contribution in [-0.4, -0.2) is 21.4 Å². The highest BCUT2D eigenvalue weighted by molar-refractivity contribution is 9.09. The molecule has 0 radical (unpaired) electrons. The number of hydrogen-bond acceptors (Lipinski definition) is 2. The molecule has 1 N–H and O–H groups in total. The fourth-order valence-electron chi connectivity index (χ4n) is 0.977. The SMILES string of the molecule is O=C(O)c1cc(C=CCCBr)ncc1F. The molecule has 15 heavy (non-hydrogen) atoms. The summed E-state index contributed by atoms with van der Waals surface area (Å²) in [5, 5.41) is 9.48. The third-order valence-electron chi connectivity index (χ3n) is 1.67. The van der Waals surface area contributed by atoms with Gasteiger partial charge in [-0.25, -0.2) is 9.18 Å². The van der Waals surface area contributed by atoms with Crippen LogP contribution >= 0.6 is 15.9 Å². The summed E-state index contributed by atoms with van der Waals surface area (Å²) in [5.74, 6) is -2.11. The van der Waals surface area contributed by atoms with Crippen LogP contribution in [0.15, 0.2) is 18.3 Å². The van der Waals surface area contributed by atoms with E-state index in [9.17, 15) is 9.18 Å². The second-order valence-electron chi connectivity index (χ2n) is 2.77. The average molecular weight is 274 g/mol. The summed E-state index contributed by atoms with van der Waals surface area (Å²) < 4.78 is 12.9. The average Bonchev–Trinajstić information content (AvgIpc) is 2.20. The molecule has 0 aliphatic heterocycles. The summed E-state index contributed by atoms with van der Waals surface area (Å²) in [6, 6.07) is 1.21. The van der Waals surface area contributed by atoms with Crippen LogP contribution in [0.3, 0.4) is 0 Å². The van der Waals surface area contributed by atoms with Gasteiger partial charge in [0.05, 0.1) is 17.5 Å². The van der Waals surface area contributed by atoms with Gasteiger partial charge in [0.25, 0.3) is 0 Å². The van der Waals surface area contributed by atoms with Crippen molar-refractivity contribution in [1.82, 2.24) is 4.98 Å². The Morgan fingerprint density at radius 2 is 2.40 bits per heavy atom. The molecule has 0 saturated carbocycles. The van der Waals surface area contributed by atoms with Crippen molar-refractivity contribution in [3.63, 3.8) is 0 Å². The van der Waals surface area contributed by atoms with Crippen LogP contribution in [-0.2, 0) is 0 Å². The number of carboxylic acid groups (broad SMARTS) is 1. The third kappa shape index (κ3) is 3.43. The highest BCUT2D eigenvalue weighted by atomic mass is 79.9. The number of hydrogen-bond donors (Lipinski definition) is 1. The van der Waals surface area contributed by atoms with Crippen LogP contribution in [0.1, 0.15) is 22.5 Å². The van der Waals surface area contributed by atoms with Crippen LogP contribution in [0, 0.1) is 5.82 Å². The molecule has 0 unspecified atom stereocenters. The Morgan fingerprint density at radius 3 is 3.00 bits per heavy atom. The van der Waals surface area contributed by atoms with Crippen LogP contribution in [0.5, 0.6) is 0 Å². The van der Waals surface area contributed by atoms with E-state index in [1.807, 2.05) is 6.08 Å². The Balaban J connectivity index is 2.92. The number of carboxylic acids is 1. The number of alkyl halides is 1. The van der Waals surface area contributed by atoms with Crippen molar-refractivity contribution in [3.05, 3.63) is 35.4 Å². The highest BCUT2D eigenvalue weighted by Gasteiger charge is 2.10. The van der Waals surface area contributed by atoms with Crippen molar-refractivity contribution < 1.29 is 14.3 Å². The number of halogens is 2. The summed E-state index contributed by atoms with van der Waals surface area (Å²) in [6.07, 6.45) is 5.21. The number of aromatic nitrogens is 1. The number of carbonyl (C=O) groups is 1. The Kier molecular flexibility index (Phi) is 4.42. The molecule has 5 heteroatoms. The van der Waals surface area contributed by atoms with Gasteiger partial charge in [0, 0.05) is 5.33 Å². The zero-order valence-electron chi connectivity index (χ0n) is 7.78. The van der Waals surface area contributed by atoms with Gasteiger partial charge in [-0.3, -0.25) is 4.98 Å². The van der Waals surface area contributed by atoms with Gasteiger partial charge in [-0.15, -0.1) is 0 Å². The maximum atomic E-state index is 12.9. The molecule has 1 aromatic rings. The minimum absolute atomic E-state index is 0.358. The first-order valence-corrected chi connectivity index (χ1v) is 5.38. The van der Waals surface area contributed by atoms with Crippen molar-refractivity contribution in [1.29, 1.82) is 0 Å². The number of pyridine rings is 1. The van der Waals surface area contributed by atoms with E-state index in [4.69, 9.17) is 5.11 Å². The zero-order valence-corrected chi connectivity index (χ0v) is 9.37. The van der Waals surface area contributed by atoms with Crippen LogP contribution in [0.2, 0.25) is 0 Å². The standard InChI is InChI=1S/C10H9BrFNO2/c11-4-2-1-3-7-5-8(10(14)15)9(12)6-13-7/h1,3,5-6H,2,4H2,(H,14,15). The summed E-state index contributed by atoms with van der Waals surface area (Å²) >= 11 is 3.25. The smallest absolute Gasteiger partial charge is 0.338 e. The molecule has 80 valence electrons. The molecule has 1 rings (SSSR count). The van der Waals surface area contributed by atoms with Crippen LogP contribution < -0.4 is 0 Å². The van der Waals surface area contributed by atoms with Gasteiger partial charge in [0.2, 0.25) is 0 Å². The van der Waals surface area contributed by atoms with E-state index in [0.29, 0.717) is 5.69 Å². The number of nitrogens with zero attached hydrogens (tertiary/aromatic N) is 1. The van der Waals surface area contributed by atoms with E-state index in [1.165, 1.54) is 6.07 Å². The van der Waals surface area contributed by atoms with Crippen LogP contribution in [0.25, 0.3) is 6.08 Å². The Morgan fingerprint density at radius 1 is 1.67 bits per heavy atom. The van der Waals surface area contributed by atoms with Crippen molar-refractivity contribution in [2.45, 2.75) is 6.42 Å². The lowest BCUT2D eigenvalue weighted by molar-refractivity contribution is 0.0691. The van der Waals surface area contributed by atoms with E-state index >= 15 is 0 Å². The van der Waals surface area contributed by atoms with E-state index < -0.39 is 11.8 Å². The highest BCUT2D eigenvalue weighted by Crippen LogP contribution is 2.09. The predicted octanol–water partition coefficient (Wildman–Crippen LogP) is 2.72. The van der Waals surface area contributed by atoms with Gasteiger partial charge in [-0.1, -0.05) is 22.0 Å². The molecular formula is C10H9BrFNO2. The number of allylic oxidation sites excluding steroid dienone is 1. The van der Waals surface area contributed by atoms with Crippen LogP contribution in [0.4, 0.5) is 4.39 Å². The molecule has 0 atom stereocenters. The fraction of sp³-hybridized carbons (Fsp3) is 0.200. The molecule has 0 aliphatic rings. The van der Waals surface area contributed by atoms with Gasteiger partial charge in [0.1, 0.15) is 0 Å². The van der Waals surface area contributed by atoms with E-state index in [-0.39, 0.29) is 5.56 Å². The van der Waals surface area contributed by atoms with Crippen molar-refractivity contribution >= 4 is 28.0 Å². The van der Waals surface area contributed by atoms with E-state index in [0.717, 1.165) is 17.9 Å². The first-order chi connectivity index (χ1) is 7.15. The molecular weight excluding hydrogens is 265 g/mol. The molecule has 0 saturated heterocycles. The van der Waals surface area contributed by atoms with Crippen molar-refractivity contribution in [3.8, 4) is 0 Å². The Bertz CT molecular complexity index is 393. The molecule has 0 aliphatic carbocycles. The van der Waals surface area contributed by atoms with Gasteiger partial charge in [0.15, 0.2) is 5.82 Å². The Labute approximate surface area is 94.8 Å². The second-order valence-corrected chi connectivity index (χ2v) is 3.57. The molecule has 3 nitrogen and oxygen atoms in total. The molecule has 0 amide bonds. The predicted molar refractivity (Wildman–Crippen MR) is 58.6 cm³/mol. The summed E-state index contributed by atoms with van der Waals surface area (Å²) in [5.41, 5.74) is 0.0817. The first kappa shape index (κ1) is 11.8. The van der Waals surface area contributed by atoms with Crippen molar-refractivity contribution in [2.24, 2.45) is 0 Å². The molecule has 0 bridgehead atoms. The maximum absolute atomic E-state index is 12.9. The lowest BCUT2D eigenvalue weighted by Gasteiger charge is -1.98. The minimum atomic E-state index is -1.29. The monoisotopic (exact) mass is 273 g/mol. The molecule has 0 fully saturated rings. The van der Waals surface area contributed by atoms with E-state index in [2.05, 4.69) is 20.9 Å². The molecule has 1 aromatic heterocycles. The topological polar surface area (TPSA) is 50.2 Å². The summed E-state index contributed by atoms with van der Waals surface area (Å²) in [6.45, 7) is 0. The Hall–Kier alpha value is -1.23. The fourth-order valence-corrected chi connectivity index (χ4v) is 1.24. The lowest BCUT2D eigenvalue weighted by Crippen LogP contribution is -2.01. The minimum Gasteiger partial charge on any atom is -0.478 e. The van der Waals surface area contributed by atoms with Gasteiger partial charge in [-0.05, 0) is 18.6 Å². The molecule has 0 spiro atoms. The zero-order chi connectivity index (χ0) is 11.3. The first-order valence-electron chi connectivity index (χ1n) is 4.26. The van der Waals surface area contributed by atoms with Gasteiger partial charge < -0.3 is 5.11 Å². The maximum Gasteiger partial charge on any atom is 0.338 e. The van der Waals surface area contributed by atoms with Gasteiger partial charge in [-0.2, -0.15) is 0 Å². The third-order valence-corrected chi connectivity index (χ3v) is 2.13. The molecule has 1 heterocycles. The largest absolute Gasteiger partial charge is 0.478 e. The molecule has 0 aromatic carbocycles. The number of rotatable bonds is 4. The summed E-state index contributed by atoms with van der Waals surface area (Å²) in [7, 11) is 0.